The highest BCUT2D eigenvalue weighted by molar-refractivity contribution is 7.15. The van der Waals surface area contributed by atoms with Crippen LogP contribution in [0, 0.1) is 0 Å². The lowest BCUT2D eigenvalue weighted by Crippen LogP contribution is -2.22. The summed E-state index contributed by atoms with van der Waals surface area (Å²) in [5, 5.41) is 4.43. The summed E-state index contributed by atoms with van der Waals surface area (Å²) in [6.45, 7) is 1.98. The third-order valence-corrected chi connectivity index (χ3v) is 3.71. The van der Waals surface area contributed by atoms with E-state index < -0.39 is 0 Å². The largest absolute Gasteiger partial charge is 0.311 e. The predicted molar refractivity (Wildman–Crippen MR) is 60.8 cm³/mol. The van der Waals surface area contributed by atoms with E-state index in [-0.39, 0.29) is 0 Å². The maximum Gasteiger partial charge on any atom is 0.125 e. The van der Waals surface area contributed by atoms with Crippen LogP contribution in [0.1, 0.15) is 10.6 Å². The molecule has 1 aliphatic rings. The van der Waals surface area contributed by atoms with Crippen molar-refractivity contribution in [3.63, 3.8) is 0 Å². The third-order valence-electron chi connectivity index (χ3n) is 2.51. The first kappa shape index (κ1) is 9.00. The van der Waals surface area contributed by atoms with Crippen LogP contribution in [0.15, 0.2) is 24.5 Å². The van der Waals surface area contributed by atoms with Crippen molar-refractivity contribution in [2.75, 3.05) is 6.54 Å². The van der Waals surface area contributed by atoms with Crippen LogP contribution in [-0.4, -0.2) is 16.5 Å². The smallest absolute Gasteiger partial charge is 0.125 e. The highest BCUT2D eigenvalue weighted by Crippen LogP contribution is 2.28. The minimum Gasteiger partial charge on any atom is -0.311 e. The highest BCUT2D eigenvalue weighted by atomic mass is 32.1. The van der Waals surface area contributed by atoms with E-state index in [1.54, 1.807) is 17.5 Å². The normalized spacial score (nSPS) is 14.9. The summed E-state index contributed by atoms with van der Waals surface area (Å²) in [4.78, 5) is 10.2. The van der Waals surface area contributed by atoms with Crippen LogP contribution in [-0.2, 0) is 13.0 Å². The van der Waals surface area contributed by atoms with Crippen molar-refractivity contribution < 1.29 is 0 Å². The number of nitrogens with one attached hydrogen (secondary N) is 1. The monoisotopic (exact) mass is 217 g/mol. The van der Waals surface area contributed by atoms with Crippen molar-refractivity contribution in [3.8, 4) is 10.6 Å². The van der Waals surface area contributed by atoms with E-state index >= 15 is 0 Å². The van der Waals surface area contributed by atoms with Gasteiger partial charge in [-0.3, -0.25) is 4.98 Å². The van der Waals surface area contributed by atoms with Crippen LogP contribution < -0.4 is 5.32 Å². The minimum absolute atomic E-state index is 0.909. The molecule has 4 heteroatoms. The molecule has 0 saturated carbocycles. The van der Waals surface area contributed by atoms with Gasteiger partial charge in [0.25, 0.3) is 0 Å². The van der Waals surface area contributed by atoms with E-state index in [1.807, 2.05) is 12.3 Å². The van der Waals surface area contributed by atoms with Crippen molar-refractivity contribution >= 4 is 11.3 Å². The van der Waals surface area contributed by atoms with Crippen LogP contribution in [0.2, 0.25) is 0 Å². The van der Waals surface area contributed by atoms with Crippen molar-refractivity contribution in [2.45, 2.75) is 13.0 Å². The zero-order valence-electron chi connectivity index (χ0n) is 8.23. The first-order valence-electron chi connectivity index (χ1n) is 5.03. The Bertz CT molecular complexity index is 440. The van der Waals surface area contributed by atoms with E-state index in [0.29, 0.717) is 0 Å². The molecule has 0 unspecified atom stereocenters. The van der Waals surface area contributed by atoms with Crippen molar-refractivity contribution in [2.24, 2.45) is 0 Å². The third kappa shape index (κ3) is 1.66. The zero-order valence-corrected chi connectivity index (χ0v) is 9.05. The zero-order chi connectivity index (χ0) is 10.1. The van der Waals surface area contributed by atoms with Crippen molar-refractivity contribution in [3.05, 3.63) is 35.1 Å². The lowest BCUT2D eigenvalue weighted by molar-refractivity contribution is 0.639. The van der Waals surface area contributed by atoms with Crippen molar-refractivity contribution in [1.29, 1.82) is 0 Å². The standard InChI is InChI=1S/C11H11N3S/c1-2-8(6-12-4-1)11-14-9-7-13-5-3-10(9)15-11/h1-2,4,6,13H,3,5,7H2. The van der Waals surface area contributed by atoms with Gasteiger partial charge in [-0.2, -0.15) is 0 Å². The molecule has 15 heavy (non-hydrogen) atoms. The predicted octanol–water partition coefficient (Wildman–Crippen LogP) is 1.85. The Morgan fingerprint density at radius 3 is 3.20 bits per heavy atom. The Labute approximate surface area is 92.2 Å². The van der Waals surface area contributed by atoms with Gasteiger partial charge in [-0.15, -0.1) is 11.3 Å². The maximum atomic E-state index is 4.64. The number of fused-ring (bicyclic) bond motifs is 1. The second-order valence-corrected chi connectivity index (χ2v) is 4.64. The lowest BCUT2D eigenvalue weighted by Gasteiger charge is -2.09. The molecule has 1 N–H and O–H groups in total. The van der Waals surface area contributed by atoms with Gasteiger partial charge in [-0.05, 0) is 18.6 Å². The number of thiazole rings is 1. The lowest BCUT2D eigenvalue weighted by atomic mass is 10.2. The SMILES string of the molecule is c1cncc(-c2nc3c(s2)CCNC3)c1. The highest BCUT2D eigenvalue weighted by Gasteiger charge is 2.15. The van der Waals surface area contributed by atoms with E-state index in [2.05, 4.69) is 21.4 Å². The molecule has 3 heterocycles. The van der Waals surface area contributed by atoms with Gasteiger partial charge in [0.15, 0.2) is 0 Å². The second kappa shape index (κ2) is 3.72. The molecular weight excluding hydrogens is 206 g/mol. The van der Waals surface area contributed by atoms with Crippen LogP contribution in [0.4, 0.5) is 0 Å². The van der Waals surface area contributed by atoms with E-state index in [9.17, 15) is 0 Å². The molecule has 0 bridgehead atoms. The number of hydrogen-bond donors (Lipinski definition) is 1. The average molecular weight is 217 g/mol. The summed E-state index contributed by atoms with van der Waals surface area (Å²) in [7, 11) is 0. The molecule has 0 saturated heterocycles. The molecule has 0 spiro atoms. The summed E-state index contributed by atoms with van der Waals surface area (Å²) in [5.74, 6) is 0. The van der Waals surface area contributed by atoms with E-state index in [0.717, 1.165) is 30.1 Å². The molecule has 0 radical (unpaired) electrons. The number of rotatable bonds is 1. The Morgan fingerprint density at radius 2 is 2.40 bits per heavy atom. The average Bonchev–Trinajstić information content (AvgIpc) is 2.74. The van der Waals surface area contributed by atoms with Gasteiger partial charge in [0.2, 0.25) is 0 Å². The van der Waals surface area contributed by atoms with Crippen LogP contribution in [0.25, 0.3) is 10.6 Å². The van der Waals surface area contributed by atoms with E-state index in [4.69, 9.17) is 0 Å². The second-order valence-electron chi connectivity index (χ2n) is 3.56. The first-order chi connectivity index (χ1) is 7.43. The molecule has 0 fully saturated rings. The molecule has 0 atom stereocenters. The van der Waals surface area contributed by atoms with Gasteiger partial charge in [0, 0.05) is 35.9 Å². The molecule has 3 nitrogen and oxygen atoms in total. The van der Waals surface area contributed by atoms with E-state index in [1.165, 1.54) is 10.6 Å². The molecular formula is C11H11N3S. The molecule has 0 amide bonds. The summed E-state index contributed by atoms with van der Waals surface area (Å²) in [5.41, 5.74) is 2.34. The molecule has 3 rings (SSSR count). The quantitative estimate of drug-likeness (QED) is 0.792. The molecule has 0 aliphatic carbocycles. The Kier molecular flexibility index (Phi) is 2.23. The Balaban J connectivity index is 2.03. The Morgan fingerprint density at radius 1 is 1.40 bits per heavy atom. The number of hydrogen-bond acceptors (Lipinski definition) is 4. The topological polar surface area (TPSA) is 37.8 Å². The minimum atomic E-state index is 0.909. The van der Waals surface area contributed by atoms with Gasteiger partial charge in [0.1, 0.15) is 5.01 Å². The summed E-state index contributed by atoms with van der Waals surface area (Å²) in [6, 6.07) is 4.01. The number of aromatic nitrogens is 2. The molecule has 0 aromatic carbocycles. The molecule has 2 aromatic heterocycles. The summed E-state index contributed by atoms with van der Waals surface area (Å²) in [6.07, 6.45) is 4.77. The Hall–Kier alpha value is -1.26. The number of pyridine rings is 1. The molecule has 2 aromatic rings. The van der Waals surface area contributed by atoms with Crippen LogP contribution in [0.3, 0.4) is 0 Å². The van der Waals surface area contributed by atoms with Gasteiger partial charge in [-0.25, -0.2) is 4.98 Å². The van der Waals surface area contributed by atoms with Crippen LogP contribution in [0.5, 0.6) is 0 Å². The van der Waals surface area contributed by atoms with Gasteiger partial charge in [0.05, 0.1) is 5.69 Å². The fourth-order valence-electron chi connectivity index (χ4n) is 1.74. The molecule has 1 aliphatic heterocycles. The van der Waals surface area contributed by atoms with Gasteiger partial charge >= 0.3 is 0 Å². The molecule has 76 valence electrons. The van der Waals surface area contributed by atoms with Crippen LogP contribution >= 0.6 is 11.3 Å². The first-order valence-corrected chi connectivity index (χ1v) is 5.85. The van der Waals surface area contributed by atoms with Gasteiger partial charge in [-0.1, -0.05) is 0 Å². The maximum absolute atomic E-state index is 4.64. The van der Waals surface area contributed by atoms with Crippen molar-refractivity contribution in [1.82, 2.24) is 15.3 Å². The summed E-state index contributed by atoms with van der Waals surface area (Å²) >= 11 is 1.80. The fourth-order valence-corrected chi connectivity index (χ4v) is 2.81. The summed E-state index contributed by atoms with van der Waals surface area (Å²) < 4.78 is 0. The van der Waals surface area contributed by atoms with Gasteiger partial charge < -0.3 is 5.32 Å². The number of nitrogens with zero attached hydrogens (tertiary/aromatic N) is 2. The fraction of sp³-hybridized carbons (Fsp3) is 0.273.